The normalized spacial score (nSPS) is 12.4. The second-order valence-electron chi connectivity index (χ2n) is 15.7. The number of halogens is 9. The molecule has 0 radical (unpaired) electrons. The highest BCUT2D eigenvalue weighted by Gasteiger charge is 2.39. The van der Waals surface area contributed by atoms with E-state index in [0.29, 0.717) is 78.1 Å². The SMILES string of the molecule is Cc1ccc(-c2ccc3c(c2)c2ccccc2n3-c2ccc(C#N)cc2-c2ncccc2-n2c3ccccc3c3cc(-c4ccc(C(F)(F)F)cc4C(F)(F)F)ccc32)c(C(F)(F)F)c1. The van der Waals surface area contributed by atoms with Crippen LogP contribution < -0.4 is 0 Å². The van der Waals surface area contributed by atoms with Crippen LogP contribution in [-0.4, -0.2) is 14.1 Å². The number of fused-ring (bicyclic) bond motifs is 6. The minimum absolute atomic E-state index is 0.0393. The lowest BCUT2D eigenvalue weighted by Crippen LogP contribution is -2.12. The fraction of sp³-hybridized carbons (Fsp3) is 0.0769. The monoisotopic (exact) mass is 880 g/mol. The van der Waals surface area contributed by atoms with Gasteiger partial charge in [0.25, 0.3) is 0 Å². The van der Waals surface area contributed by atoms with Crippen molar-refractivity contribution < 1.29 is 39.5 Å². The molecular weight excluding hydrogens is 852 g/mol. The first-order chi connectivity index (χ1) is 31.0. The van der Waals surface area contributed by atoms with Gasteiger partial charge < -0.3 is 9.13 Å². The van der Waals surface area contributed by atoms with Gasteiger partial charge >= 0.3 is 18.5 Å². The molecule has 7 aromatic carbocycles. The number of benzene rings is 7. The van der Waals surface area contributed by atoms with E-state index in [1.54, 1.807) is 85.9 Å². The van der Waals surface area contributed by atoms with Crippen LogP contribution in [0.15, 0.2) is 158 Å². The van der Waals surface area contributed by atoms with Gasteiger partial charge in [-0.25, -0.2) is 0 Å². The molecule has 4 nitrogen and oxygen atoms in total. The van der Waals surface area contributed by atoms with Gasteiger partial charge in [-0.05, 0) is 114 Å². The summed E-state index contributed by atoms with van der Waals surface area (Å²) >= 11 is 0. The van der Waals surface area contributed by atoms with Crippen molar-refractivity contribution in [3.05, 3.63) is 186 Å². The number of para-hydroxylation sites is 2. The number of alkyl halides is 9. The Morgan fingerprint density at radius 2 is 1.00 bits per heavy atom. The van der Waals surface area contributed by atoms with Crippen LogP contribution >= 0.6 is 0 Å². The third-order valence-electron chi connectivity index (χ3n) is 11.7. The van der Waals surface area contributed by atoms with Crippen LogP contribution in [0.25, 0.3) is 88.5 Å². The quantitative estimate of drug-likeness (QED) is 0.162. The van der Waals surface area contributed by atoms with E-state index in [9.17, 15) is 44.8 Å². The first-order valence-electron chi connectivity index (χ1n) is 20.0. The Bertz CT molecular complexity index is 3600. The van der Waals surface area contributed by atoms with Gasteiger partial charge in [0.05, 0.1) is 67.5 Å². The molecule has 10 aromatic rings. The predicted molar refractivity (Wildman–Crippen MR) is 234 cm³/mol. The molecule has 0 saturated carbocycles. The van der Waals surface area contributed by atoms with E-state index in [1.807, 2.05) is 45.5 Å². The molecule has 10 rings (SSSR count). The van der Waals surface area contributed by atoms with Crippen molar-refractivity contribution >= 4 is 43.6 Å². The number of hydrogen-bond acceptors (Lipinski definition) is 2. The lowest BCUT2D eigenvalue weighted by atomic mass is 9.95. The maximum absolute atomic E-state index is 14.4. The summed E-state index contributed by atoms with van der Waals surface area (Å²) in [6, 6.07) is 41.2. The zero-order valence-corrected chi connectivity index (χ0v) is 33.7. The Balaban J connectivity index is 1.19. The van der Waals surface area contributed by atoms with E-state index < -0.39 is 40.8 Å². The first kappa shape index (κ1) is 41.2. The number of pyridine rings is 1. The number of nitriles is 1. The molecule has 13 heteroatoms. The van der Waals surface area contributed by atoms with Crippen molar-refractivity contribution in [3.63, 3.8) is 0 Å². The number of hydrogen-bond donors (Lipinski definition) is 0. The topological polar surface area (TPSA) is 46.5 Å². The molecule has 0 unspecified atom stereocenters. The average Bonchev–Trinajstić information content (AvgIpc) is 3.79. The molecule has 3 heterocycles. The van der Waals surface area contributed by atoms with Crippen LogP contribution in [0.2, 0.25) is 0 Å². The van der Waals surface area contributed by atoms with Crippen LogP contribution in [0, 0.1) is 18.3 Å². The number of aryl methyl sites for hydroxylation is 1. The molecule has 0 atom stereocenters. The summed E-state index contributed by atoms with van der Waals surface area (Å²) < 4.78 is 131. The summed E-state index contributed by atoms with van der Waals surface area (Å²) in [5.41, 5.74) is 1.95. The van der Waals surface area contributed by atoms with E-state index in [4.69, 9.17) is 4.98 Å². The van der Waals surface area contributed by atoms with Gasteiger partial charge in [-0.15, -0.1) is 0 Å². The fourth-order valence-corrected chi connectivity index (χ4v) is 8.93. The smallest absolute Gasteiger partial charge is 0.309 e. The lowest BCUT2D eigenvalue weighted by Gasteiger charge is -2.18. The van der Waals surface area contributed by atoms with Gasteiger partial charge in [-0.1, -0.05) is 72.3 Å². The van der Waals surface area contributed by atoms with Crippen molar-refractivity contribution in [1.82, 2.24) is 14.1 Å². The van der Waals surface area contributed by atoms with E-state index in [2.05, 4.69) is 6.07 Å². The maximum atomic E-state index is 14.4. The molecule has 0 saturated heterocycles. The van der Waals surface area contributed by atoms with Crippen molar-refractivity contribution in [3.8, 4) is 51.0 Å². The van der Waals surface area contributed by atoms with Crippen molar-refractivity contribution in [2.75, 3.05) is 0 Å². The van der Waals surface area contributed by atoms with Crippen molar-refractivity contribution in [2.24, 2.45) is 0 Å². The molecule has 0 N–H and O–H groups in total. The minimum atomic E-state index is -5.09. The lowest BCUT2D eigenvalue weighted by molar-refractivity contribution is -0.143. The van der Waals surface area contributed by atoms with E-state index in [-0.39, 0.29) is 17.2 Å². The zero-order chi connectivity index (χ0) is 45.6. The third kappa shape index (κ3) is 6.93. The summed E-state index contributed by atoms with van der Waals surface area (Å²) in [5, 5.41) is 12.8. The van der Waals surface area contributed by atoms with Crippen LogP contribution in [-0.2, 0) is 18.5 Å². The van der Waals surface area contributed by atoms with Crippen molar-refractivity contribution in [2.45, 2.75) is 25.5 Å². The molecule has 320 valence electrons. The summed E-state index contributed by atoms with van der Waals surface area (Å²) in [6.45, 7) is 1.61. The van der Waals surface area contributed by atoms with Crippen molar-refractivity contribution in [1.29, 1.82) is 5.26 Å². The average molecular weight is 881 g/mol. The standard InChI is InChI=1S/C52H29F9N4/c1-29-12-17-34(41(23-29)51(56,57)58)31-14-20-45-38(25-31)36-7-2-4-9-43(36)64(45)47-19-13-30(28-62)24-40(47)49-48(11-6-22-63-49)65-44-10-5-3-8-37(44)39-26-32(15-21-46(39)65)35-18-16-33(50(53,54)55)27-42(35)52(59,60)61/h2-27H,1H3. The van der Waals surface area contributed by atoms with Gasteiger partial charge in [0.15, 0.2) is 0 Å². The summed E-state index contributed by atoms with van der Waals surface area (Å²) in [5.74, 6) is 0. The molecule has 0 aliphatic heterocycles. The zero-order valence-electron chi connectivity index (χ0n) is 33.7. The second-order valence-corrected chi connectivity index (χ2v) is 15.7. The van der Waals surface area contributed by atoms with Gasteiger partial charge in [-0.2, -0.15) is 44.8 Å². The molecule has 0 amide bonds. The molecular formula is C52H29F9N4. The molecule has 3 aromatic heterocycles. The molecule has 0 fully saturated rings. The Hall–Kier alpha value is -7.85. The predicted octanol–water partition coefficient (Wildman–Crippen LogP) is 15.5. The number of aromatic nitrogens is 3. The third-order valence-corrected chi connectivity index (χ3v) is 11.7. The van der Waals surface area contributed by atoms with Crippen LogP contribution in [0.4, 0.5) is 39.5 Å². The molecule has 0 aliphatic carbocycles. The van der Waals surface area contributed by atoms with E-state index in [1.165, 1.54) is 18.2 Å². The van der Waals surface area contributed by atoms with Gasteiger partial charge in [0.1, 0.15) is 0 Å². The number of nitrogens with zero attached hydrogens (tertiary/aromatic N) is 4. The molecule has 65 heavy (non-hydrogen) atoms. The fourth-order valence-electron chi connectivity index (χ4n) is 8.93. The first-order valence-corrected chi connectivity index (χ1v) is 20.0. The minimum Gasteiger partial charge on any atom is -0.309 e. The van der Waals surface area contributed by atoms with Gasteiger partial charge in [0.2, 0.25) is 0 Å². The van der Waals surface area contributed by atoms with E-state index in [0.717, 1.165) is 23.0 Å². The highest BCUT2D eigenvalue weighted by molar-refractivity contribution is 6.12. The maximum Gasteiger partial charge on any atom is 0.417 e. The Morgan fingerprint density at radius 3 is 1.57 bits per heavy atom. The largest absolute Gasteiger partial charge is 0.417 e. The van der Waals surface area contributed by atoms with E-state index >= 15 is 0 Å². The summed E-state index contributed by atoms with van der Waals surface area (Å²) in [4.78, 5) is 4.88. The highest BCUT2D eigenvalue weighted by atomic mass is 19.4. The highest BCUT2D eigenvalue weighted by Crippen LogP contribution is 2.45. The van der Waals surface area contributed by atoms with Crippen LogP contribution in [0.3, 0.4) is 0 Å². The summed E-state index contributed by atoms with van der Waals surface area (Å²) in [6.07, 6.45) is -13.1. The molecule has 0 aliphatic rings. The van der Waals surface area contributed by atoms with Crippen LogP contribution in [0.5, 0.6) is 0 Å². The Kier molecular flexibility index (Phi) is 9.42. The Morgan fingerprint density at radius 1 is 0.462 bits per heavy atom. The number of rotatable bonds is 5. The molecule has 0 bridgehead atoms. The van der Waals surface area contributed by atoms with Gasteiger partial charge in [-0.3, -0.25) is 4.98 Å². The van der Waals surface area contributed by atoms with Crippen LogP contribution in [0.1, 0.15) is 27.8 Å². The Labute approximate surface area is 363 Å². The summed E-state index contributed by atoms with van der Waals surface area (Å²) in [7, 11) is 0. The van der Waals surface area contributed by atoms with Gasteiger partial charge in [0, 0.05) is 33.3 Å². The second kappa shape index (κ2) is 14.9. The molecule has 0 spiro atoms.